The van der Waals surface area contributed by atoms with E-state index in [0.29, 0.717) is 19.7 Å². The lowest BCUT2D eigenvalue weighted by Crippen LogP contribution is -2.53. The number of anilines is 1. The zero-order valence-corrected chi connectivity index (χ0v) is 18.6. The number of fused-ring (bicyclic) bond motifs is 1. The van der Waals surface area contributed by atoms with Crippen molar-refractivity contribution in [3.8, 4) is 6.07 Å². The Bertz CT molecular complexity index is 874. The first kappa shape index (κ1) is 20.7. The number of thiazole rings is 1. The number of amides is 2. The normalized spacial score (nSPS) is 27.2. The van der Waals surface area contributed by atoms with Crippen LogP contribution in [0.2, 0.25) is 0 Å². The average Bonchev–Trinajstić information content (AvgIpc) is 3.45. The molecule has 4 aliphatic rings. The van der Waals surface area contributed by atoms with Crippen LogP contribution in [-0.4, -0.2) is 60.0 Å². The highest BCUT2D eigenvalue weighted by Crippen LogP contribution is 2.38. The van der Waals surface area contributed by atoms with Gasteiger partial charge in [0.2, 0.25) is 11.8 Å². The van der Waals surface area contributed by atoms with E-state index >= 15 is 0 Å². The van der Waals surface area contributed by atoms with Gasteiger partial charge < -0.3 is 19.9 Å². The van der Waals surface area contributed by atoms with E-state index in [1.807, 2.05) is 4.90 Å². The Morgan fingerprint density at radius 3 is 2.58 bits per heavy atom. The van der Waals surface area contributed by atoms with Crippen LogP contribution in [0.25, 0.3) is 0 Å². The van der Waals surface area contributed by atoms with E-state index < -0.39 is 5.54 Å². The molecule has 2 aliphatic carbocycles. The van der Waals surface area contributed by atoms with E-state index in [2.05, 4.69) is 16.3 Å². The van der Waals surface area contributed by atoms with Gasteiger partial charge in [-0.25, -0.2) is 4.98 Å². The highest BCUT2D eigenvalue weighted by atomic mass is 32.1. The van der Waals surface area contributed by atoms with Crippen LogP contribution in [0.15, 0.2) is 0 Å². The molecule has 2 saturated carbocycles. The summed E-state index contributed by atoms with van der Waals surface area (Å²) in [5, 5.41) is 13.3. The number of carbonyl (C=O) groups excluding carboxylic acids is 2. The molecule has 5 rings (SSSR count). The first-order valence-electron chi connectivity index (χ1n) is 11.4. The summed E-state index contributed by atoms with van der Waals surface area (Å²) < 4.78 is 5.53. The van der Waals surface area contributed by atoms with E-state index in [1.54, 1.807) is 11.3 Å². The van der Waals surface area contributed by atoms with Crippen molar-refractivity contribution < 1.29 is 14.3 Å². The second-order valence-electron chi connectivity index (χ2n) is 9.16. The van der Waals surface area contributed by atoms with Crippen LogP contribution in [0.5, 0.6) is 0 Å². The predicted octanol–water partition coefficient (Wildman–Crippen LogP) is 1.84. The van der Waals surface area contributed by atoms with Crippen LogP contribution in [-0.2, 0) is 27.4 Å². The zero-order valence-electron chi connectivity index (χ0n) is 17.8. The summed E-state index contributed by atoms with van der Waals surface area (Å²) in [5.41, 5.74) is 0.484. The molecule has 2 amide bonds. The van der Waals surface area contributed by atoms with Crippen LogP contribution < -0.4 is 10.2 Å². The number of nitrogens with one attached hydrogen (secondary N) is 1. The fourth-order valence-corrected chi connectivity index (χ4v) is 6.05. The van der Waals surface area contributed by atoms with Crippen molar-refractivity contribution in [2.45, 2.75) is 57.1 Å². The Labute approximate surface area is 186 Å². The highest BCUT2D eigenvalue weighted by molar-refractivity contribution is 7.15. The maximum atomic E-state index is 13.4. The van der Waals surface area contributed by atoms with E-state index in [-0.39, 0.29) is 23.7 Å². The van der Waals surface area contributed by atoms with Crippen LogP contribution in [0.4, 0.5) is 5.13 Å². The number of hydrogen-bond donors (Lipinski definition) is 1. The molecule has 8 nitrogen and oxygen atoms in total. The molecule has 31 heavy (non-hydrogen) atoms. The minimum atomic E-state index is -0.675. The molecule has 0 aromatic carbocycles. The largest absolute Gasteiger partial charge is 0.375 e. The second kappa shape index (κ2) is 8.40. The monoisotopic (exact) mass is 443 g/mol. The molecule has 0 spiro atoms. The van der Waals surface area contributed by atoms with Gasteiger partial charge in [0.25, 0.3) is 0 Å². The third-order valence-electron chi connectivity index (χ3n) is 7.09. The fourth-order valence-electron chi connectivity index (χ4n) is 4.96. The van der Waals surface area contributed by atoms with E-state index in [4.69, 9.17) is 9.72 Å². The molecule has 0 radical (unpaired) electrons. The van der Waals surface area contributed by atoms with Crippen LogP contribution in [0.1, 0.15) is 49.1 Å². The van der Waals surface area contributed by atoms with Crippen molar-refractivity contribution in [1.29, 1.82) is 5.26 Å². The minimum Gasteiger partial charge on any atom is -0.375 e. The smallest absolute Gasteiger partial charge is 0.226 e. The molecule has 0 bridgehead atoms. The Hall–Kier alpha value is -2.18. The van der Waals surface area contributed by atoms with Gasteiger partial charge >= 0.3 is 0 Å². The summed E-state index contributed by atoms with van der Waals surface area (Å²) in [4.78, 5) is 36.5. The number of aromatic nitrogens is 1. The van der Waals surface area contributed by atoms with Crippen LogP contribution in [0, 0.1) is 23.2 Å². The number of hydrogen-bond acceptors (Lipinski definition) is 7. The molecular formula is C22H29N5O3S. The summed E-state index contributed by atoms with van der Waals surface area (Å²) in [5.74, 6) is -0.575. The molecule has 1 aromatic heterocycles. The maximum absolute atomic E-state index is 13.4. The second-order valence-corrected chi connectivity index (χ2v) is 10.2. The summed E-state index contributed by atoms with van der Waals surface area (Å²) >= 11 is 1.70. The summed E-state index contributed by atoms with van der Waals surface area (Å²) in [6, 6.07) is 2.22. The first-order chi connectivity index (χ1) is 15.1. The molecule has 9 heteroatoms. The molecular weight excluding hydrogens is 414 g/mol. The quantitative estimate of drug-likeness (QED) is 0.763. The third-order valence-corrected chi connectivity index (χ3v) is 8.22. The van der Waals surface area contributed by atoms with Gasteiger partial charge in [0.05, 0.1) is 29.9 Å². The van der Waals surface area contributed by atoms with Gasteiger partial charge in [0, 0.05) is 44.4 Å². The Morgan fingerprint density at radius 1 is 1.16 bits per heavy atom. The number of piperazine rings is 1. The van der Waals surface area contributed by atoms with Gasteiger partial charge in [-0.2, -0.15) is 5.26 Å². The number of carbonyl (C=O) groups is 2. The van der Waals surface area contributed by atoms with Crippen molar-refractivity contribution in [1.82, 2.24) is 15.2 Å². The van der Waals surface area contributed by atoms with Gasteiger partial charge in [-0.3, -0.25) is 9.59 Å². The molecule has 166 valence electrons. The number of nitriles is 1. The van der Waals surface area contributed by atoms with Gasteiger partial charge in [0.1, 0.15) is 5.54 Å². The van der Waals surface area contributed by atoms with Gasteiger partial charge in [-0.1, -0.05) is 24.2 Å². The van der Waals surface area contributed by atoms with Gasteiger partial charge in [-0.05, 0) is 25.7 Å². The molecule has 2 aliphatic heterocycles. The van der Waals surface area contributed by atoms with Crippen LogP contribution >= 0.6 is 11.3 Å². The predicted molar refractivity (Wildman–Crippen MR) is 115 cm³/mol. The van der Waals surface area contributed by atoms with Gasteiger partial charge in [0.15, 0.2) is 5.13 Å². The number of rotatable bonds is 4. The van der Waals surface area contributed by atoms with E-state index in [0.717, 1.165) is 75.5 Å². The maximum Gasteiger partial charge on any atom is 0.226 e. The third kappa shape index (κ3) is 4.15. The SMILES string of the molecule is N#CC1(NC(=O)[C@@H]2CCCC[C@H]2C(=O)N2CCN(c3nc4c(s3)COCC4)CC2)CC1. The Morgan fingerprint density at radius 2 is 1.90 bits per heavy atom. The minimum absolute atomic E-state index is 0.105. The molecule has 1 aromatic rings. The highest BCUT2D eigenvalue weighted by Gasteiger charge is 2.47. The Kier molecular flexibility index (Phi) is 5.61. The molecule has 3 heterocycles. The van der Waals surface area contributed by atoms with Gasteiger partial charge in [-0.15, -0.1) is 0 Å². The van der Waals surface area contributed by atoms with E-state index in [1.165, 1.54) is 4.88 Å². The summed E-state index contributed by atoms with van der Waals surface area (Å²) in [6.45, 7) is 4.24. The topological polar surface area (TPSA) is 98.6 Å². The lowest BCUT2D eigenvalue weighted by Gasteiger charge is -2.39. The van der Waals surface area contributed by atoms with Crippen molar-refractivity contribution in [3.63, 3.8) is 0 Å². The number of ether oxygens (including phenoxy) is 1. The first-order valence-corrected chi connectivity index (χ1v) is 12.2. The molecule has 0 unspecified atom stereocenters. The standard InChI is InChI=1S/C22H29N5O3S/c23-14-22(6-7-22)25-19(28)15-3-1-2-4-16(15)20(29)26-8-10-27(11-9-26)21-24-17-5-12-30-13-18(17)31-21/h15-16H,1-13H2,(H,25,28)/t15-,16-/m1/s1. The number of nitrogens with zero attached hydrogens (tertiary/aromatic N) is 4. The summed E-state index contributed by atoms with van der Waals surface area (Å²) in [7, 11) is 0. The van der Waals surface area contributed by atoms with Crippen LogP contribution in [0.3, 0.4) is 0 Å². The van der Waals surface area contributed by atoms with Crippen molar-refractivity contribution in [2.75, 3.05) is 37.7 Å². The lowest BCUT2D eigenvalue weighted by molar-refractivity contribution is -0.144. The van der Waals surface area contributed by atoms with Crippen molar-refractivity contribution >= 4 is 28.3 Å². The lowest BCUT2D eigenvalue weighted by atomic mass is 9.77. The molecule has 1 saturated heterocycles. The molecule has 1 N–H and O–H groups in total. The summed E-state index contributed by atoms with van der Waals surface area (Å²) in [6.07, 6.45) is 5.75. The average molecular weight is 444 g/mol. The molecule has 3 fully saturated rings. The Balaban J connectivity index is 1.20. The van der Waals surface area contributed by atoms with E-state index in [9.17, 15) is 14.9 Å². The zero-order chi connectivity index (χ0) is 21.4. The fraction of sp³-hybridized carbons (Fsp3) is 0.727. The van der Waals surface area contributed by atoms with Crippen molar-refractivity contribution in [2.24, 2.45) is 11.8 Å². The van der Waals surface area contributed by atoms with Crippen molar-refractivity contribution in [3.05, 3.63) is 10.6 Å². The molecule has 2 atom stereocenters.